The number of hydroxylamine groups is 1. The van der Waals surface area contributed by atoms with Crippen molar-refractivity contribution in [3.05, 3.63) is 29.3 Å². The number of rotatable bonds is 2. The fourth-order valence-electron chi connectivity index (χ4n) is 2.93. The maximum Gasteiger partial charge on any atom is 0.274 e. The van der Waals surface area contributed by atoms with Crippen LogP contribution in [-0.4, -0.2) is 55.2 Å². The molecule has 0 aromatic heterocycles. The summed E-state index contributed by atoms with van der Waals surface area (Å²) in [6, 6.07) is 4.59. The number of nitrogens with zero attached hydrogens (tertiary/aromatic N) is 1. The van der Waals surface area contributed by atoms with Crippen LogP contribution in [-0.2, 0) is 11.3 Å². The lowest BCUT2D eigenvalue weighted by molar-refractivity contribution is -0.137. The predicted octanol–water partition coefficient (Wildman–Crippen LogP) is 1.30. The van der Waals surface area contributed by atoms with Gasteiger partial charge in [-0.2, -0.15) is 10.6 Å². The van der Waals surface area contributed by atoms with E-state index in [2.05, 4.69) is 0 Å². The van der Waals surface area contributed by atoms with Crippen LogP contribution in [0, 0.1) is 5.92 Å². The Balaban J connectivity index is 1.79. The molecule has 2 amide bonds. The van der Waals surface area contributed by atoms with Gasteiger partial charge >= 0.3 is 0 Å². The molecule has 0 spiro atoms. The van der Waals surface area contributed by atoms with Gasteiger partial charge in [-0.1, -0.05) is 6.07 Å². The minimum atomic E-state index is -2.57. The summed E-state index contributed by atoms with van der Waals surface area (Å²) in [5.41, 5.74) is 2.59. The molecule has 1 unspecified atom stereocenters. The molecule has 0 radical (unpaired) electrons. The second kappa shape index (κ2) is 6.25. The number of nitrogens with one attached hydrogen (secondary N) is 1. The van der Waals surface area contributed by atoms with Crippen LogP contribution in [0.15, 0.2) is 18.2 Å². The van der Waals surface area contributed by atoms with E-state index in [-0.39, 0.29) is 41.5 Å². The minimum Gasteiger partial charge on any atom is -0.491 e. The third kappa shape index (κ3) is 3.20. The van der Waals surface area contributed by atoms with Gasteiger partial charge < -0.3 is 9.64 Å². The number of hydrogen-bond acceptors (Lipinski definition) is 6. The van der Waals surface area contributed by atoms with Crippen molar-refractivity contribution in [3.8, 4) is 5.75 Å². The zero-order chi connectivity index (χ0) is 17.5. The Bertz CT molecular complexity index is 672. The van der Waals surface area contributed by atoms with Crippen LogP contribution in [0.4, 0.5) is 0 Å². The number of ether oxygens (including phenoxy) is 1. The van der Waals surface area contributed by atoms with Crippen molar-refractivity contribution in [1.29, 1.82) is 0 Å². The van der Waals surface area contributed by atoms with E-state index in [9.17, 15) is 18.7 Å². The molecular formula is C15H20N2O6S. The topological polar surface area (TPSA) is 119 Å². The normalized spacial score (nSPS) is 24.0. The summed E-state index contributed by atoms with van der Waals surface area (Å²) in [4.78, 5) is 25.8. The smallest absolute Gasteiger partial charge is 0.274 e. The number of amides is 2. The average molecular weight is 356 g/mol. The van der Waals surface area contributed by atoms with Gasteiger partial charge in [-0.3, -0.25) is 23.9 Å². The first-order valence-corrected chi connectivity index (χ1v) is 9.43. The van der Waals surface area contributed by atoms with Crippen molar-refractivity contribution in [1.82, 2.24) is 10.4 Å². The fourth-order valence-corrected chi connectivity index (χ4v) is 4.41. The van der Waals surface area contributed by atoms with E-state index in [4.69, 9.17) is 9.94 Å². The van der Waals surface area contributed by atoms with Crippen LogP contribution in [0.25, 0.3) is 0 Å². The SMILES string of the molecule is CC1COc2cc(C(=O)NO)ccc2CN1C(=O)C1CS(O)(O)C1. The quantitative estimate of drug-likeness (QED) is 0.468. The highest BCUT2D eigenvalue weighted by atomic mass is 32.3. The van der Waals surface area contributed by atoms with E-state index in [1.807, 2.05) is 6.92 Å². The van der Waals surface area contributed by atoms with Gasteiger partial charge in [-0.25, -0.2) is 5.48 Å². The van der Waals surface area contributed by atoms with Gasteiger partial charge in [-0.05, 0) is 19.1 Å². The Morgan fingerprint density at radius 3 is 2.67 bits per heavy atom. The Kier molecular flexibility index (Phi) is 4.43. The monoisotopic (exact) mass is 356 g/mol. The van der Waals surface area contributed by atoms with E-state index in [0.29, 0.717) is 12.3 Å². The van der Waals surface area contributed by atoms with Crippen LogP contribution in [0.2, 0.25) is 0 Å². The zero-order valence-corrected chi connectivity index (χ0v) is 14.0. The molecule has 1 fully saturated rings. The second-order valence-electron chi connectivity index (χ2n) is 6.22. The van der Waals surface area contributed by atoms with Crippen LogP contribution < -0.4 is 10.2 Å². The van der Waals surface area contributed by atoms with Gasteiger partial charge in [-0.15, -0.1) is 0 Å². The lowest BCUT2D eigenvalue weighted by Gasteiger charge is -2.47. The van der Waals surface area contributed by atoms with Crippen LogP contribution in [0.5, 0.6) is 5.75 Å². The molecule has 9 heteroatoms. The van der Waals surface area contributed by atoms with Gasteiger partial charge in [0.2, 0.25) is 5.91 Å². The first-order valence-electron chi connectivity index (χ1n) is 7.55. The number of benzene rings is 1. The summed E-state index contributed by atoms with van der Waals surface area (Å²) < 4.78 is 24.7. The number of fused-ring (bicyclic) bond motifs is 1. The first-order chi connectivity index (χ1) is 11.3. The minimum absolute atomic E-state index is 0.109. The van der Waals surface area contributed by atoms with Crippen LogP contribution in [0.1, 0.15) is 22.8 Å². The standard InChI is InChI=1S/C15H20N2O6S/c1-9-6-23-13-4-10(14(18)16-20)2-3-11(13)5-17(9)15(19)12-7-24(21,22)8-12/h2-4,9,12,20-22H,5-8H2,1H3,(H,16,18). The molecule has 1 aromatic rings. The highest BCUT2D eigenvalue weighted by molar-refractivity contribution is 8.25. The number of carbonyl (C=O) groups is 2. The second-order valence-corrected chi connectivity index (χ2v) is 8.49. The number of hydrogen-bond donors (Lipinski definition) is 4. The molecule has 0 aliphatic carbocycles. The Morgan fingerprint density at radius 2 is 2.04 bits per heavy atom. The molecule has 2 aliphatic rings. The summed E-state index contributed by atoms with van der Waals surface area (Å²) in [5.74, 6) is -0.361. The molecule has 1 saturated heterocycles. The fraction of sp³-hybridized carbons (Fsp3) is 0.467. The van der Waals surface area contributed by atoms with E-state index in [1.165, 1.54) is 6.07 Å². The molecule has 132 valence electrons. The summed E-state index contributed by atoms with van der Waals surface area (Å²) >= 11 is 0. The van der Waals surface area contributed by atoms with Gasteiger partial charge in [0.1, 0.15) is 12.4 Å². The highest BCUT2D eigenvalue weighted by Gasteiger charge is 2.42. The summed E-state index contributed by atoms with van der Waals surface area (Å²) in [6.45, 7) is 2.46. The van der Waals surface area contributed by atoms with Crippen LogP contribution in [0.3, 0.4) is 0 Å². The molecule has 24 heavy (non-hydrogen) atoms. The third-order valence-electron chi connectivity index (χ3n) is 4.35. The largest absolute Gasteiger partial charge is 0.491 e. The van der Waals surface area contributed by atoms with Crippen molar-refractivity contribution in [2.75, 3.05) is 18.1 Å². The van der Waals surface area contributed by atoms with Gasteiger partial charge in [0, 0.05) is 17.7 Å². The Labute approximate surface area is 140 Å². The molecule has 2 aliphatic heterocycles. The van der Waals surface area contributed by atoms with Crippen molar-refractivity contribution >= 4 is 22.4 Å². The summed E-state index contributed by atoms with van der Waals surface area (Å²) in [7, 11) is -2.57. The maximum absolute atomic E-state index is 12.6. The van der Waals surface area contributed by atoms with Crippen molar-refractivity contribution in [3.63, 3.8) is 0 Å². The highest BCUT2D eigenvalue weighted by Crippen LogP contribution is 2.52. The van der Waals surface area contributed by atoms with E-state index in [1.54, 1.807) is 22.5 Å². The average Bonchev–Trinajstić information content (AvgIpc) is 2.70. The zero-order valence-electron chi connectivity index (χ0n) is 13.1. The third-order valence-corrected chi connectivity index (χ3v) is 6.22. The van der Waals surface area contributed by atoms with Crippen molar-refractivity contribution in [2.45, 2.75) is 19.5 Å². The Morgan fingerprint density at radius 1 is 1.33 bits per heavy atom. The van der Waals surface area contributed by atoms with E-state index < -0.39 is 16.5 Å². The molecule has 1 aromatic carbocycles. The first kappa shape index (κ1) is 17.0. The molecule has 4 N–H and O–H groups in total. The molecule has 0 bridgehead atoms. The number of carbonyl (C=O) groups excluding carboxylic acids is 2. The Hall–Kier alpha value is -1.81. The van der Waals surface area contributed by atoms with Gasteiger partial charge in [0.15, 0.2) is 0 Å². The van der Waals surface area contributed by atoms with E-state index in [0.717, 1.165) is 5.56 Å². The summed E-state index contributed by atoms with van der Waals surface area (Å²) in [6.07, 6.45) is 0. The lowest BCUT2D eigenvalue weighted by atomic mass is 10.1. The molecular weight excluding hydrogens is 336 g/mol. The predicted molar refractivity (Wildman–Crippen MR) is 87.3 cm³/mol. The van der Waals surface area contributed by atoms with Gasteiger partial charge in [0.25, 0.3) is 5.91 Å². The molecule has 0 saturated carbocycles. The van der Waals surface area contributed by atoms with E-state index >= 15 is 0 Å². The molecule has 2 heterocycles. The lowest BCUT2D eigenvalue weighted by Crippen LogP contribution is -2.49. The summed E-state index contributed by atoms with van der Waals surface area (Å²) in [5, 5.41) is 8.71. The van der Waals surface area contributed by atoms with Crippen LogP contribution >= 0.6 is 10.6 Å². The van der Waals surface area contributed by atoms with Gasteiger partial charge in [0.05, 0.1) is 23.5 Å². The molecule has 8 nitrogen and oxygen atoms in total. The van der Waals surface area contributed by atoms with Crippen molar-refractivity contribution < 1.29 is 28.6 Å². The molecule has 3 rings (SSSR count). The van der Waals surface area contributed by atoms with Crippen molar-refractivity contribution in [2.24, 2.45) is 5.92 Å². The molecule has 1 atom stereocenters. The maximum atomic E-state index is 12.6.